The number of halogens is 3. The summed E-state index contributed by atoms with van der Waals surface area (Å²) in [6.45, 7) is 2.03. The van der Waals surface area contributed by atoms with E-state index in [0.717, 1.165) is 5.56 Å². The normalized spacial score (nSPS) is 18.3. The van der Waals surface area contributed by atoms with Crippen LogP contribution in [-0.2, 0) is 0 Å². The molecule has 1 unspecified atom stereocenters. The van der Waals surface area contributed by atoms with Crippen LogP contribution in [0.5, 0.6) is 5.75 Å². The average Bonchev–Trinajstić information content (AvgIpc) is 2.45. The van der Waals surface area contributed by atoms with Gasteiger partial charge in [0.2, 0.25) is 0 Å². The van der Waals surface area contributed by atoms with Gasteiger partial charge in [0.1, 0.15) is 5.75 Å². The monoisotopic (exact) mass is 317 g/mol. The van der Waals surface area contributed by atoms with Crippen molar-refractivity contribution in [1.82, 2.24) is 4.90 Å². The minimum Gasteiger partial charge on any atom is -0.507 e. The number of aliphatic hydroxyl groups excluding tert-OH is 1. The van der Waals surface area contributed by atoms with Crippen LogP contribution in [-0.4, -0.2) is 46.4 Å². The van der Waals surface area contributed by atoms with Crippen molar-refractivity contribution in [3.05, 3.63) is 29.3 Å². The maximum atomic E-state index is 12.5. The molecule has 1 fully saturated rings. The number of hydrogen-bond acceptors (Lipinski definition) is 3. The number of amides is 1. The maximum absolute atomic E-state index is 12.5. The third kappa shape index (κ3) is 3.52. The quantitative estimate of drug-likeness (QED) is 0.881. The SMILES string of the molecule is Cc1ccc(C(=O)N2CCC(C(O)C(F)(F)F)CC2)c(O)c1. The molecular formula is C15H18F3NO3. The summed E-state index contributed by atoms with van der Waals surface area (Å²) in [7, 11) is 0. The predicted molar refractivity (Wildman–Crippen MR) is 73.5 cm³/mol. The summed E-state index contributed by atoms with van der Waals surface area (Å²) in [4.78, 5) is 13.7. The van der Waals surface area contributed by atoms with Crippen LogP contribution in [0, 0.1) is 12.8 Å². The van der Waals surface area contributed by atoms with E-state index in [4.69, 9.17) is 0 Å². The van der Waals surface area contributed by atoms with Gasteiger partial charge in [-0.25, -0.2) is 0 Å². The lowest BCUT2D eigenvalue weighted by molar-refractivity contribution is -0.222. The van der Waals surface area contributed by atoms with Crippen LogP contribution in [0.25, 0.3) is 0 Å². The van der Waals surface area contributed by atoms with Crippen molar-refractivity contribution >= 4 is 5.91 Å². The van der Waals surface area contributed by atoms with Gasteiger partial charge in [0, 0.05) is 13.1 Å². The Hall–Kier alpha value is -1.76. The largest absolute Gasteiger partial charge is 0.507 e. The van der Waals surface area contributed by atoms with Gasteiger partial charge >= 0.3 is 6.18 Å². The molecule has 0 aromatic heterocycles. The first-order valence-corrected chi connectivity index (χ1v) is 7.04. The molecule has 1 aromatic carbocycles. The van der Waals surface area contributed by atoms with Gasteiger partial charge in [-0.1, -0.05) is 6.07 Å². The Balaban J connectivity index is 2.01. The minimum absolute atomic E-state index is 0.0824. The van der Waals surface area contributed by atoms with E-state index in [9.17, 15) is 28.2 Å². The summed E-state index contributed by atoms with van der Waals surface area (Å²) in [5.41, 5.74) is 0.946. The van der Waals surface area contributed by atoms with Crippen LogP contribution in [0.1, 0.15) is 28.8 Å². The molecule has 0 bridgehead atoms. The lowest BCUT2D eigenvalue weighted by Crippen LogP contribution is -2.45. The van der Waals surface area contributed by atoms with Gasteiger partial charge < -0.3 is 15.1 Å². The molecule has 4 nitrogen and oxygen atoms in total. The van der Waals surface area contributed by atoms with E-state index in [-0.39, 0.29) is 37.2 Å². The van der Waals surface area contributed by atoms with Crippen LogP contribution in [0.4, 0.5) is 13.2 Å². The number of alkyl halides is 3. The van der Waals surface area contributed by atoms with Gasteiger partial charge in [-0.05, 0) is 43.4 Å². The number of phenolic OH excluding ortho intramolecular Hbond substituents is 1. The third-order valence-corrected chi connectivity index (χ3v) is 3.99. The molecular weight excluding hydrogens is 299 g/mol. The highest BCUT2D eigenvalue weighted by molar-refractivity contribution is 5.96. The maximum Gasteiger partial charge on any atom is 0.414 e. The topological polar surface area (TPSA) is 60.8 Å². The molecule has 1 aromatic rings. The zero-order valence-electron chi connectivity index (χ0n) is 12.1. The molecule has 0 aliphatic carbocycles. The number of piperidine rings is 1. The second-order valence-corrected chi connectivity index (χ2v) is 5.64. The Labute approximate surface area is 126 Å². The number of hydrogen-bond donors (Lipinski definition) is 2. The molecule has 122 valence electrons. The van der Waals surface area contributed by atoms with E-state index in [1.54, 1.807) is 13.0 Å². The summed E-state index contributed by atoms with van der Waals surface area (Å²) in [5, 5.41) is 19.1. The molecule has 1 aliphatic rings. The standard InChI is InChI=1S/C15H18F3NO3/c1-9-2-3-11(12(20)8-9)14(22)19-6-4-10(5-7-19)13(21)15(16,17)18/h2-3,8,10,13,20-21H,4-7H2,1H3. The second kappa shape index (κ2) is 6.16. The Morgan fingerprint density at radius 2 is 1.91 bits per heavy atom. The highest BCUT2D eigenvalue weighted by Crippen LogP contribution is 2.32. The number of rotatable bonds is 2. The smallest absolute Gasteiger partial charge is 0.414 e. The molecule has 1 heterocycles. The molecule has 0 spiro atoms. The summed E-state index contributed by atoms with van der Waals surface area (Å²) >= 11 is 0. The molecule has 1 atom stereocenters. The Morgan fingerprint density at radius 1 is 1.32 bits per heavy atom. The number of phenols is 1. The van der Waals surface area contributed by atoms with E-state index in [0.29, 0.717) is 0 Å². The van der Waals surface area contributed by atoms with Crippen molar-refractivity contribution in [3.63, 3.8) is 0 Å². The molecule has 0 saturated carbocycles. The third-order valence-electron chi connectivity index (χ3n) is 3.99. The van der Waals surface area contributed by atoms with Crippen molar-refractivity contribution in [2.24, 2.45) is 5.92 Å². The fourth-order valence-electron chi connectivity index (χ4n) is 2.68. The first-order chi connectivity index (χ1) is 10.2. The van der Waals surface area contributed by atoms with Gasteiger partial charge in [0.25, 0.3) is 5.91 Å². The summed E-state index contributed by atoms with van der Waals surface area (Å²) in [5.74, 6) is -1.43. The summed E-state index contributed by atoms with van der Waals surface area (Å²) < 4.78 is 37.4. The van der Waals surface area contributed by atoms with Crippen LogP contribution >= 0.6 is 0 Å². The van der Waals surface area contributed by atoms with Gasteiger partial charge in [-0.3, -0.25) is 4.79 Å². The van der Waals surface area contributed by atoms with Crippen LogP contribution < -0.4 is 0 Å². The average molecular weight is 317 g/mol. The summed E-state index contributed by atoms with van der Waals surface area (Å²) in [6, 6.07) is 4.66. The molecule has 1 aliphatic heterocycles. The van der Waals surface area contributed by atoms with Crippen LogP contribution in [0.2, 0.25) is 0 Å². The van der Waals surface area contributed by atoms with Crippen molar-refractivity contribution in [3.8, 4) is 5.75 Å². The highest BCUT2D eigenvalue weighted by Gasteiger charge is 2.44. The van der Waals surface area contributed by atoms with E-state index in [1.165, 1.54) is 17.0 Å². The molecule has 22 heavy (non-hydrogen) atoms. The van der Waals surface area contributed by atoms with Crippen molar-refractivity contribution in [1.29, 1.82) is 0 Å². The van der Waals surface area contributed by atoms with Crippen molar-refractivity contribution in [2.45, 2.75) is 32.0 Å². The van der Waals surface area contributed by atoms with E-state index >= 15 is 0 Å². The fraction of sp³-hybridized carbons (Fsp3) is 0.533. The van der Waals surface area contributed by atoms with E-state index in [1.807, 2.05) is 0 Å². The minimum atomic E-state index is -4.63. The number of likely N-dealkylation sites (tertiary alicyclic amines) is 1. The van der Waals surface area contributed by atoms with Crippen molar-refractivity contribution in [2.75, 3.05) is 13.1 Å². The molecule has 7 heteroatoms. The number of benzene rings is 1. The number of aromatic hydroxyl groups is 1. The molecule has 1 saturated heterocycles. The Morgan fingerprint density at radius 3 is 2.41 bits per heavy atom. The lowest BCUT2D eigenvalue weighted by atomic mass is 9.90. The zero-order chi connectivity index (χ0) is 16.5. The molecule has 1 amide bonds. The first kappa shape index (κ1) is 16.6. The predicted octanol–water partition coefficient (Wildman–Crippen LogP) is 2.48. The number of aliphatic hydroxyl groups is 1. The first-order valence-electron chi connectivity index (χ1n) is 7.04. The fourth-order valence-corrected chi connectivity index (χ4v) is 2.68. The Kier molecular flexibility index (Phi) is 4.65. The van der Waals surface area contributed by atoms with Crippen LogP contribution in [0.3, 0.4) is 0 Å². The number of aryl methyl sites for hydroxylation is 1. The van der Waals surface area contributed by atoms with Gasteiger partial charge in [-0.2, -0.15) is 13.2 Å². The lowest BCUT2D eigenvalue weighted by Gasteiger charge is -2.34. The van der Waals surface area contributed by atoms with E-state index < -0.39 is 24.1 Å². The molecule has 2 N–H and O–H groups in total. The Bertz CT molecular complexity index is 551. The summed E-state index contributed by atoms with van der Waals surface area (Å²) in [6.07, 6.45) is -6.82. The van der Waals surface area contributed by atoms with Gasteiger partial charge in [0.05, 0.1) is 5.56 Å². The van der Waals surface area contributed by atoms with Crippen LogP contribution in [0.15, 0.2) is 18.2 Å². The van der Waals surface area contributed by atoms with Gasteiger partial charge in [0.15, 0.2) is 6.10 Å². The van der Waals surface area contributed by atoms with E-state index in [2.05, 4.69) is 0 Å². The number of carbonyl (C=O) groups is 1. The molecule has 0 radical (unpaired) electrons. The van der Waals surface area contributed by atoms with Crippen molar-refractivity contribution < 1.29 is 28.2 Å². The van der Waals surface area contributed by atoms with Gasteiger partial charge in [-0.15, -0.1) is 0 Å². The highest BCUT2D eigenvalue weighted by atomic mass is 19.4. The second-order valence-electron chi connectivity index (χ2n) is 5.64. The number of carbonyl (C=O) groups excluding carboxylic acids is 1. The molecule has 2 rings (SSSR count). The zero-order valence-corrected chi connectivity index (χ0v) is 12.1. The number of nitrogens with zero attached hydrogens (tertiary/aromatic N) is 1.